The molecule has 23 heavy (non-hydrogen) atoms. The second-order valence-corrected chi connectivity index (χ2v) is 6.12. The van der Waals surface area contributed by atoms with Crippen molar-refractivity contribution in [3.63, 3.8) is 0 Å². The monoisotopic (exact) mass is 334 g/mol. The summed E-state index contributed by atoms with van der Waals surface area (Å²) >= 11 is 1.29. The zero-order valence-electron chi connectivity index (χ0n) is 12.9. The molecule has 2 heterocycles. The van der Waals surface area contributed by atoms with Crippen molar-refractivity contribution in [2.45, 2.75) is 32.7 Å². The van der Waals surface area contributed by atoms with E-state index in [1.165, 1.54) is 29.7 Å². The van der Waals surface area contributed by atoms with Gasteiger partial charge in [-0.25, -0.2) is 4.98 Å². The van der Waals surface area contributed by atoms with Crippen molar-refractivity contribution in [3.05, 3.63) is 45.3 Å². The van der Waals surface area contributed by atoms with E-state index in [1.54, 1.807) is 0 Å². The van der Waals surface area contributed by atoms with E-state index in [4.69, 9.17) is 0 Å². The smallest absolute Gasteiger partial charge is 0.258 e. The van der Waals surface area contributed by atoms with Gasteiger partial charge in [-0.05, 0) is 26.3 Å². The number of carbonyl (C=O) groups is 2. The molecular weight excluding hydrogens is 316 g/mol. The summed E-state index contributed by atoms with van der Waals surface area (Å²) in [6.07, 6.45) is 2.22. The first-order chi connectivity index (χ1) is 10.9. The van der Waals surface area contributed by atoms with Gasteiger partial charge in [0, 0.05) is 30.1 Å². The standard InChI is InChI=1S/C15H18N4O3S/c1-9(2)17-13(21)6-4-11-8-23-15(18-11)19-14(22)10-3-5-12(20)16-7-10/h3,5,7-9H,4,6H2,1-2H3,(H,16,20)(H,17,21)(H,18,19,22). The fourth-order valence-electron chi connectivity index (χ4n) is 1.84. The molecule has 0 bridgehead atoms. The van der Waals surface area contributed by atoms with Crippen LogP contribution in [-0.2, 0) is 11.2 Å². The lowest BCUT2D eigenvalue weighted by Crippen LogP contribution is -2.30. The van der Waals surface area contributed by atoms with Gasteiger partial charge < -0.3 is 10.3 Å². The highest BCUT2D eigenvalue weighted by molar-refractivity contribution is 7.13. The molecule has 0 saturated heterocycles. The quantitative estimate of drug-likeness (QED) is 0.745. The molecule has 0 aromatic carbocycles. The second kappa shape index (κ2) is 7.68. The lowest BCUT2D eigenvalue weighted by Gasteiger charge is -2.06. The van der Waals surface area contributed by atoms with Gasteiger partial charge in [-0.15, -0.1) is 11.3 Å². The number of nitrogens with zero attached hydrogens (tertiary/aromatic N) is 1. The van der Waals surface area contributed by atoms with Gasteiger partial charge in [0.1, 0.15) is 0 Å². The summed E-state index contributed by atoms with van der Waals surface area (Å²) in [6.45, 7) is 3.82. The van der Waals surface area contributed by atoms with E-state index in [9.17, 15) is 14.4 Å². The van der Waals surface area contributed by atoms with Crippen molar-refractivity contribution in [3.8, 4) is 0 Å². The molecule has 0 aliphatic rings. The van der Waals surface area contributed by atoms with Crippen LogP contribution in [0.5, 0.6) is 0 Å². The van der Waals surface area contributed by atoms with Crippen molar-refractivity contribution < 1.29 is 9.59 Å². The number of anilines is 1. The minimum atomic E-state index is -0.347. The Kier molecular flexibility index (Phi) is 5.64. The van der Waals surface area contributed by atoms with Crippen molar-refractivity contribution in [2.24, 2.45) is 0 Å². The van der Waals surface area contributed by atoms with Crippen LogP contribution in [0.4, 0.5) is 5.13 Å². The van der Waals surface area contributed by atoms with Gasteiger partial charge >= 0.3 is 0 Å². The van der Waals surface area contributed by atoms with Gasteiger partial charge in [-0.3, -0.25) is 19.7 Å². The fraction of sp³-hybridized carbons (Fsp3) is 0.333. The Balaban J connectivity index is 1.89. The number of aromatic amines is 1. The molecule has 0 atom stereocenters. The highest BCUT2D eigenvalue weighted by Crippen LogP contribution is 2.17. The van der Waals surface area contributed by atoms with Crippen molar-refractivity contribution >= 4 is 28.3 Å². The third-order valence-corrected chi connectivity index (χ3v) is 3.68. The van der Waals surface area contributed by atoms with Crippen LogP contribution in [0.25, 0.3) is 0 Å². The predicted molar refractivity (Wildman–Crippen MR) is 88.7 cm³/mol. The second-order valence-electron chi connectivity index (χ2n) is 5.26. The number of hydrogen-bond donors (Lipinski definition) is 3. The number of H-pyrrole nitrogens is 1. The molecule has 2 aromatic heterocycles. The summed E-state index contributed by atoms with van der Waals surface area (Å²) in [4.78, 5) is 41.3. The number of pyridine rings is 1. The lowest BCUT2D eigenvalue weighted by molar-refractivity contribution is -0.121. The van der Waals surface area contributed by atoms with Crippen LogP contribution >= 0.6 is 11.3 Å². The number of thiazole rings is 1. The van der Waals surface area contributed by atoms with Crippen molar-refractivity contribution in [1.29, 1.82) is 0 Å². The van der Waals surface area contributed by atoms with E-state index >= 15 is 0 Å². The van der Waals surface area contributed by atoms with E-state index in [2.05, 4.69) is 20.6 Å². The fourth-order valence-corrected chi connectivity index (χ4v) is 2.58. The third kappa shape index (κ3) is 5.33. The molecule has 7 nitrogen and oxygen atoms in total. The molecule has 122 valence electrons. The van der Waals surface area contributed by atoms with Crippen LogP contribution in [0.2, 0.25) is 0 Å². The van der Waals surface area contributed by atoms with E-state index in [0.29, 0.717) is 23.5 Å². The zero-order chi connectivity index (χ0) is 16.8. The topological polar surface area (TPSA) is 104 Å². The molecule has 0 unspecified atom stereocenters. The Labute approximate surface area is 137 Å². The average molecular weight is 334 g/mol. The van der Waals surface area contributed by atoms with Crippen LogP contribution in [0, 0.1) is 0 Å². The number of rotatable bonds is 6. The summed E-state index contributed by atoms with van der Waals surface area (Å²) in [5.41, 5.74) is 0.834. The molecule has 8 heteroatoms. The Hall–Kier alpha value is -2.48. The largest absolute Gasteiger partial charge is 0.354 e. The van der Waals surface area contributed by atoms with Gasteiger partial charge in [0.15, 0.2) is 5.13 Å². The average Bonchev–Trinajstić information content (AvgIpc) is 2.92. The van der Waals surface area contributed by atoms with Crippen LogP contribution in [-0.4, -0.2) is 27.8 Å². The third-order valence-electron chi connectivity index (χ3n) is 2.88. The molecule has 0 aliphatic carbocycles. The first kappa shape index (κ1) is 16.9. The molecule has 3 N–H and O–H groups in total. The van der Waals surface area contributed by atoms with Crippen LogP contribution in [0.15, 0.2) is 28.5 Å². The van der Waals surface area contributed by atoms with Gasteiger partial charge in [-0.1, -0.05) is 0 Å². The Morgan fingerprint density at radius 2 is 2.13 bits per heavy atom. The Morgan fingerprint density at radius 1 is 1.35 bits per heavy atom. The van der Waals surface area contributed by atoms with Crippen molar-refractivity contribution in [1.82, 2.24) is 15.3 Å². The van der Waals surface area contributed by atoms with E-state index < -0.39 is 0 Å². The first-order valence-corrected chi connectivity index (χ1v) is 8.06. The number of amides is 2. The number of carbonyl (C=O) groups excluding carboxylic acids is 2. The molecule has 0 radical (unpaired) electrons. The number of nitrogens with one attached hydrogen (secondary N) is 3. The van der Waals surface area contributed by atoms with Gasteiger partial charge in [0.2, 0.25) is 11.5 Å². The maximum absolute atomic E-state index is 12.0. The summed E-state index contributed by atoms with van der Waals surface area (Å²) in [7, 11) is 0. The highest BCUT2D eigenvalue weighted by Gasteiger charge is 2.10. The summed E-state index contributed by atoms with van der Waals surface area (Å²) in [5, 5.41) is 7.75. The van der Waals surface area contributed by atoms with Crippen LogP contribution < -0.4 is 16.2 Å². The van der Waals surface area contributed by atoms with E-state index in [1.807, 2.05) is 19.2 Å². The zero-order valence-corrected chi connectivity index (χ0v) is 13.7. The Morgan fingerprint density at radius 3 is 2.78 bits per heavy atom. The molecule has 0 spiro atoms. The summed E-state index contributed by atoms with van der Waals surface area (Å²) in [5.74, 6) is -0.369. The van der Waals surface area contributed by atoms with Crippen LogP contribution in [0.3, 0.4) is 0 Å². The summed E-state index contributed by atoms with van der Waals surface area (Å²) < 4.78 is 0. The minimum Gasteiger partial charge on any atom is -0.354 e. The first-order valence-electron chi connectivity index (χ1n) is 7.18. The molecular formula is C15H18N4O3S. The number of hydrogen-bond acceptors (Lipinski definition) is 5. The molecule has 2 rings (SSSR count). The SMILES string of the molecule is CC(C)NC(=O)CCc1csc(NC(=O)c2ccc(=O)[nH]c2)n1. The minimum absolute atomic E-state index is 0.0215. The van der Waals surface area contributed by atoms with Gasteiger partial charge in [0.05, 0.1) is 11.3 Å². The molecule has 0 saturated carbocycles. The van der Waals surface area contributed by atoms with Crippen molar-refractivity contribution in [2.75, 3.05) is 5.32 Å². The van der Waals surface area contributed by atoms with Crippen LogP contribution in [0.1, 0.15) is 36.3 Å². The number of aromatic nitrogens is 2. The lowest BCUT2D eigenvalue weighted by atomic mass is 10.2. The maximum atomic E-state index is 12.0. The van der Waals surface area contributed by atoms with E-state index in [-0.39, 0.29) is 23.4 Å². The maximum Gasteiger partial charge on any atom is 0.258 e. The highest BCUT2D eigenvalue weighted by atomic mass is 32.1. The Bertz CT molecular complexity index is 731. The number of aryl methyl sites for hydroxylation is 1. The molecule has 0 fully saturated rings. The summed E-state index contributed by atoms with van der Waals surface area (Å²) in [6, 6.07) is 2.85. The normalized spacial score (nSPS) is 10.6. The van der Waals surface area contributed by atoms with Gasteiger partial charge in [-0.2, -0.15) is 0 Å². The van der Waals surface area contributed by atoms with Gasteiger partial charge in [0.25, 0.3) is 5.91 Å². The molecule has 2 aromatic rings. The molecule has 0 aliphatic heterocycles. The molecule has 2 amide bonds. The van der Waals surface area contributed by atoms with E-state index in [0.717, 1.165) is 5.69 Å². The predicted octanol–water partition coefficient (Wildman–Crippen LogP) is 1.54.